The summed E-state index contributed by atoms with van der Waals surface area (Å²) in [5, 5.41) is 5.76. The normalized spacial score (nSPS) is 10.4. The lowest BCUT2D eigenvalue weighted by atomic mass is 9.99. The maximum absolute atomic E-state index is 12.5. The van der Waals surface area contributed by atoms with E-state index in [9.17, 15) is 4.79 Å². The van der Waals surface area contributed by atoms with E-state index in [0.29, 0.717) is 18.1 Å². The fourth-order valence-corrected chi connectivity index (χ4v) is 2.86. The molecule has 0 aliphatic rings. The number of carbonyl (C=O) groups excluding carboxylic acids is 1. The van der Waals surface area contributed by atoms with Crippen LogP contribution in [0.15, 0.2) is 84.9 Å². The van der Waals surface area contributed by atoms with E-state index in [-0.39, 0.29) is 18.8 Å². The first-order valence-electron chi connectivity index (χ1n) is 9.27. The molecule has 5 heteroatoms. The standard InChI is InChI=1S/C23H24N2O3/c1-2-27-20-15-9-10-16-21(20)28-17-24-23(26)25-22(18-11-5-3-6-12-18)19-13-7-4-8-14-19/h3-16,22H,2,17H2,1H3,(H2,24,25,26). The molecule has 2 N–H and O–H groups in total. The molecule has 2 amide bonds. The van der Waals surface area contributed by atoms with Crippen molar-refractivity contribution in [1.29, 1.82) is 0 Å². The summed E-state index contributed by atoms with van der Waals surface area (Å²) in [7, 11) is 0. The molecule has 0 radical (unpaired) electrons. The molecule has 3 aromatic carbocycles. The molecule has 0 saturated heterocycles. The molecule has 0 atom stereocenters. The number of hydrogen-bond donors (Lipinski definition) is 2. The summed E-state index contributed by atoms with van der Waals surface area (Å²) in [6.45, 7) is 2.49. The van der Waals surface area contributed by atoms with Gasteiger partial charge in [0, 0.05) is 0 Å². The zero-order valence-electron chi connectivity index (χ0n) is 15.8. The highest BCUT2D eigenvalue weighted by atomic mass is 16.5. The number of rotatable bonds is 8. The van der Waals surface area contributed by atoms with E-state index in [1.807, 2.05) is 85.8 Å². The first kappa shape index (κ1) is 19.3. The Morgan fingerprint density at radius 2 is 1.29 bits per heavy atom. The maximum atomic E-state index is 12.5. The van der Waals surface area contributed by atoms with Crippen LogP contribution in [0.25, 0.3) is 0 Å². The van der Waals surface area contributed by atoms with E-state index in [1.165, 1.54) is 0 Å². The van der Waals surface area contributed by atoms with Gasteiger partial charge in [-0.1, -0.05) is 72.8 Å². The minimum Gasteiger partial charge on any atom is -0.490 e. The molecule has 0 saturated carbocycles. The monoisotopic (exact) mass is 376 g/mol. The molecular weight excluding hydrogens is 352 g/mol. The van der Waals surface area contributed by atoms with Crippen molar-refractivity contribution in [2.75, 3.05) is 13.3 Å². The highest BCUT2D eigenvalue weighted by Crippen LogP contribution is 2.26. The van der Waals surface area contributed by atoms with Crippen molar-refractivity contribution in [3.05, 3.63) is 96.1 Å². The summed E-state index contributed by atoms with van der Waals surface area (Å²) in [5.41, 5.74) is 2.01. The first-order valence-corrected chi connectivity index (χ1v) is 9.27. The molecule has 0 heterocycles. The van der Waals surface area contributed by atoms with Gasteiger partial charge in [-0.25, -0.2) is 4.79 Å². The zero-order chi connectivity index (χ0) is 19.6. The topological polar surface area (TPSA) is 59.6 Å². The molecule has 0 spiro atoms. The van der Waals surface area contributed by atoms with Gasteiger partial charge in [-0.2, -0.15) is 0 Å². The van der Waals surface area contributed by atoms with E-state index in [1.54, 1.807) is 6.07 Å². The second kappa shape index (κ2) is 10.0. The number of para-hydroxylation sites is 2. The van der Waals surface area contributed by atoms with Gasteiger partial charge < -0.3 is 20.1 Å². The minimum absolute atomic E-state index is 0.0339. The lowest BCUT2D eigenvalue weighted by Crippen LogP contribution is -2.40. The van der Waals surface area contributed by atoms with Crippen molar-refractivity contribution in [3.8, 4) is 11.5 Å². The third-order valence-corrected chi connectivity index (χ3v) is 4.15. The molecule has 3 rings (SSSR count). The van der Waals surface area contributed by atoms with Crippen LogP contribution in [0.2, 0.25) is 0 Å². The number of urea groups is 1. The van der Waals surface area contributed by atoms with E-state index in [0.717, 1.165) is 11.1 Å². The lowest BCUT2D eigenvalue weighted by Gasteiger charge is -2.20. The van der Waals surface area contributed by atoms with Crippen molar-refractivity contribution in [3.63, 3.8) is 0 Å². The van der Waals surface area contributed by atoms with Gasteiger partial charge in [0.15, 0.2) is 18.2 Å². The predicted octanol–water partition coefficient (Wildman–Crippen LogP) is 4.51. The highest BCUT2D eigenvalue weighted by molar-refractivity contribution is 5.75. The molecular formula is C23H24N2O3. The Bertz CT molecular complexity index is 830. The molecule has 5 nitrogen and oxygen atoms in total. The Labute approximate surface area is 165 Å². The number of ether oxygens (including phenoxy) is 2. The van der Waals surface area contributed by atoms with Gasteiger partial charge in [0.25, 0.3) is 0 Å². The van der Waals surface area contributed by atoms with E-state index >= 15 is 0 Å². The largest absolute Gasteiger partial charge is 0.490 e. The van der Waals surface area contributed by atoms with Crippen molar-refractivity contribution in [1.82, 2.24) is 10.6 Å². The Hall–Kier alpha value is -3.47. The maximum Gasteiger partial charge on any atom is 0.318 e. The Morgan fingerprint density at radius 3 is 1.82 bits per heavy atom. The second-order valence-electron chi connectivity index (χ2n) is 6.07. The Balaban J connectivity index is 1.62. The summed E-state index contributed by atoms with van der Waals surface area (Å²) in [4.78, 5) is 12.5. The Morgan fingerprint density at radius 1 is 0.786 bits per heavy atom. The lowest BCUT2D eigenvalue weighted by molar-refractivity contribution is 0.218. The van der Waals surface area contributed by atoms with Crippen molar-refractivity contribution < 1.29 is 14.3 Å². The average Bonchev–Trinajstić information content (AvgIpc) is 2.75. The van der Waals surface area contributed by atoms with Gasteiger partial charge in [0.05, 0.1) is 12.6 Å². The van der Waals surface area contributed by atoms with Crippen LogP contribution >= 0.6 is 0 Å². The number of amides is 2. The SMILES string of the molecule is CCOc1ccccc1OCNC(=O)NC(c1ccccc1)c1ccccc1. The molecule has 28 heavy (non-hydrogen) atoms. The summed E-state index contributed by atoms with van der Waals surface area (Å²) in [6.07, 6.45) is 0. The van der Waals surface area contributed by atoms with Gasteiger partial charge in [-0.3, -0.25) is 0 Å². The zero-order valence-corrected chi connectivity index (χ0v) is 15.8. The summed E-state index contributed by atoms with van der Waals surface area (Å²) in [6, 6.07) is 26.5. The number of carbonyl (C=O) groups is 1. The molecule has 0 aliphatic heterocycles. The Kier molecular flexibility index (Phi) is 6.90. The van der Waals surface area contributed by atoms with Crippen LogP contribution in [0.1, 0.15) is 24.1 Å². The molecule has 0 bridgehead atoms. The van der Waals surface area contributed by atoms with Crippen LogP contribution in [0.5, 0.6) is 11.5 Å². The predicted molar refractivity (Wildman–Crippen MR) is 110 cm³/mol. The second-order valence-corrected chi connectivity index (χ2v) is 6.07. The summed E-state index contributed by atoms with van der Waals surface area (Å²) in [5.74, 6) is 1.24. The summed E-state index contributed by atoms with van der Waals surface area (Å²) >= 11 is 0. The molecule has 0 aliphatic carbocycles. The van der Waals surface area contributed by atoms with E-state index < -0.39 is 0 Å². The molecule has 3 aromatic rings. The highest BCUT2D eigenvalue weighted by Gasteiger charge is 2.16. The van der Waals surface area contributed by atoms with Crippen LogP contribution in [-0.2, 0) is 0 Å². The molecule has 0 unspecified atom stereocenters. The fourth-order valence-electron chi connectivity index (χ4n) is 2.86. The van der Waals surface area contributed by atoms with Crippen LogP contribution in [0, 0.1) is 0 Å². The van der Waals surface area contributed by atoms with Crippen LogP contribution in [0.4, 0.5) is 4.79 Å². The van der Waals surface area contributed by atoms with Crippen molar-refractivity contribution >= 4 is 6.03 Å². The van der Waals surface area contributed by atoms with Gasteiger partial charge in [0.2, 0.25) is 0 Å². The van der Waals surface area contributed by atoms with Gasteiger partial charge in [-0.15, -0.1) is 0 Å². The third-order valence-electron chi connectivity index (χ3n) is 4.15. The van der Waals surface area contributed by atoms with Crippen LogP contribution < -0.4 is 20.1 Å². The number of nitrogens with one attached hydrogen (secondary N) is 2. The van der Waals surface area contributed by atoms with Crippen LogP contribution in [0.3, 0.4) is 0 Å². The quantitative estimate of drug-likeness (QED) is 0.569. The molecule has 0 aromatic heterocycles. The van der Waals surface area contributed by atoms with Crippen LogP contribution in [-0.4, -0.2) is 19.4 Å². The van der Waals surface area contributed by atoms with Crippen molar-refractivity contribution in [2.45, 2.75) is 13.0 Å². The smallest absolute Gasteiger partial charge is 0.318 e. The van der Waals surface area contributed by atoms with Gasteiger partial charge >= 0.3 is 6.03 Å². The van der Waals surface area contributed by atoms with Crippen molar-refractivity contribution in [2.24, 2.45) is 0 Å². The number of benzene rings is 3. The first-order chi connectivity index (χ1) is 13.8. The van der Waals surface area contributed by atoms with E-state index in [4.69, 9.17) is 9.47 Å². The fraction of sp³-hybridized carbons (Fsp3) is 0.174. The average molecular weight is 376 g/mol. The van der Waals surface area contributed by atoms with Gasteiger partial charge in [0.1, 0.15) is 0 Å². The molecule has 144 valence electrons. The summed E-state index contributed by atoms with van der Waals surface area (Å²) < 4.78 is 11.2. The van der Waals surface area contributed by atoms with E-state index in [2.05, 4.69) is 10.6 Å². The third kappa shape index (κ3) is 5.27. The number of hydrogen-bond acceptors (Lipinski definition) is 3. The minimum atomic E-state index is -0.313. The van der Waals surface area contributed by atoms with Gasteiger partial charge in [-0.05, 0) is 30.2 Å². The molecule has 0 fully saturated rings.